The van der Waals surface area contributed by atoms with Crippen LogP contribution in [0, 0.1) is 6.92 Å². The van der Waals surface area contributed by atoms with E-state index >= 15 is 0 Å². The van der Waals surface area contributed by atoms with Crippen LogP contribution in [0.15, 0.2) is 64.1 Å². The Kier molecular flexibility index (Phi) is 5.17. The van der Waals surface area contributed by atoms with Crippen molar-refractivity contribution in [1.82, 2.24) is 9.78 Å². The zero-order valence-corrected chi connectivity index (χ0v) is 16.4. The second kappa shape index (κ2) is 7.19. The zero-order valence-electron chi connectivity index (χ0n) is 13.3. The van der Waals surface area contributed by atoms with Gasteiger partial charge in [-0.05, 0) is 52.7 Å². The smallest absolute Gasteiger partial charge is 0.263 e. The Bertz CT molecular complexity index is 984. The van der Waals surface area contributed by atoms with Crippen molar-refractivity contribution in [2.24, 2.45) is 0 Å². The number of anilines is 1. The van der Waals surface area contributed by atoms with Crippen LogP contribution in [0.25, 0.3) is 0 Å². The molecule has 2 aromatic carbocycles. The number of nitrogens with one attached hydrogen (secondary N) is 1. The first-order chi connectivity index (χ1) is 11.8. The normalized spacial score (nSPS) is 11.5. The first-order valence-electron chi connectivity index (χ1n) is 7.40. The largest absolute Gasteiger partial charge is 0.265 e. The average molecular weight is 441 g/mol. The van der Waals surface area contributed by atoms with Gasteiger partial charge in [0.1, 0.15) is 0 Å². The third kappa shape index (κ3) is 4.42. The van der Waals surface area contributed by atoms with E-state index in [4.69, 9.17) is 11.6 Å². The fourth-order valence-electron chi connectivity index (χ4n) is 2.23. The van der Waals surface area contributed by atoms with Crippen LogP contribution in [0.2, 0.25) is 5.02 Å². The van der Waals surface area contributed by atoms with E-state index in [1.807, 2.05) is 31.2 Å². The van der Waals surface area contributed by atoms with E-state index in [9.17, 15) is 8.42 Å². The second-order valence-corrected chi connectivity index (χ2v) is 8.54. The minimum absolute atomic E-state index is 0.122. The molecule has 5 nitrogen and oxygen atoms in total. The van der Waals surface area contributed by atoms with Gasteiger partial charge in [0.2, 0.25) is 0 Å². The molecule has 0 radical (unpaired) electrons. The molecule has 0 bridgehead atoms. The van der Waals surface area contributed by atoms with E-state index in [-0.39, 0.29) is 10.7 Å². The van der Waals surface area contributed by atoms with E-state index in [0.717, 1.165) is 5.56 Å². The van der Waals surface area contributed by atoms with Crippen molar-refractivity contribution in [1.29, 1.82) is 0 Å². The molecule has 0 unspecified atom stereocenters. The average Bonchev–Trinajstić information content (AvgIpc) is 2.89. The molecule has 0 aliphatic carbocycles. The summed E-state index contributed by atoms with van der Waals surface area (Å²) in [6.07, 6.45) is 1.74. The molecule has 8 heteroatoms. The molecule has 130 valence electrons. The predicted octanol–water partition coefficient (Wildman–Crippen LogP) is 4.46. The number of aromatic nitrogens is 2. The summed E-state index contributed by atoms with van der Waals surface area (Å²) in [5.74, 6) is 0.238. The molecule has 0 fully saturated rings. The van der Waals surface area contributed by atoms with Crippen molar-refractivity contribution in [3.63, 3.8) is 0 Å². The predicted molar refractivity (Wildman–Crippen MR) is 102 cm³/mol. The van der Waals surface area contributed by atoms with Gasteiger partial charge in [0, 0.05) is 11.2 Å². The van der Waals surface area contributed by atoms with Crippen molar-refractivity contribution in [2.45, 2.75) is 18.4 Å². The third-order valence-electron chi connectivity index (χ3n) is 3.54. The van der Waals surface area contributed by atoms with Crippen LogP contribution in [0.1, 0.15) is 11.1 Å². The highest BCUT2D eigenvalue weighted by atomic mass is 79.9. The molecule has 0 aliphatic rings. The number of rotatable bonds is 5. The molecule has 0 spiro atoms. The number of aryl methyl sites for hydroxylation is 1. The summed E-state index contributed by atoms with van der Waals surface area (Å²) >= 11 is 9.15. The first kappa shape index (κ1) is 18.0. The van der Waals surface area contributed by atoms with E-state index in [2.05, 4.69) is 25.8 Å². The molecule has 0 amide bonds. The summed E-state index contributed by atoms with van der Waals surface area (Å²) in [5, 5.41) is 4.78. The van der Waals surface area contributed by atoms with Crippen LogP contribution in [0.5, 0.6) is 0 Å². The second-order valence-electron chi connectivity index (χ2n) is 5.57. The fraction of sp³-hybridized carbons (Fsp3) is 0.118. The summed E-state index contributed by atoms with van der Waals surface area (Å²) in [5.41, 5.74) is 2.26. The van der Waals surface area contributed by atoms with E-state index < -0.39 is 10.0 Å². The summed E-state index contributed by atoms with van der Waals surface area (Å²) in [4.78, 5) is 0.122. The van der Waals surface area contributed by atoms with Gasteiger partial charge in [-0.1, -0.05) is 41.4 Å². The van der Waals surface area contributed by atoms with Crippen molar-refractivity contribution in [3.05, 3.63) is 75.4 Å². The van der Waals surface area contributed by atoms with Crippen molar-refractivity contribution in [3.8, 4) is 0 Å². The zero-order chi connectivity index (χ0) is 18.0. The Morgan fingerprint density at radius 3 is 2.40 bits per heavy atom. The maximum absolute atomic E-state index is 12.4. The number of nitrogens with zero attached hydrogens (tertiary/aromatic N) is 2. The maximum Gasteiger partial charge on any atom is 0.263 e. The summed E-state index contributed by atoms with van der Waals surface area (Å²) in [6, 6.07) is 14.0. The highest BCUT2D eigenvalue weighted by Crippen LogP contribution is 2.24. The van der Waals surface area contributed by atoms with E-state index in [1.54, 1.807) is 10.9 Å². The molecule has 0 saturated heterocycles. The lowest BCUT2D eigenvalue weighted by atomic mass is 10.1. The van der Waals surface area contributed by atoms with Crippen LogP contribution in [-0.4, -0.2) is 18.2 Å². The Morgan fingerprint density at radius 2 is 1.76 bits per heavy atom. The number of halogens is 2. The first-order valence-corrected chi connectivity index (χ1v) is 10.1. The van der Waals surface area contributed by atoms with Crippen LogP contribution < -0.4 is 4.72 Å². The molecular weight excluding hydrogens is 426 g/mol. The van der Waals surface area contributed by atoms with Crippen LogP contribution >= 0.6 is 27.5 Å². The summed E-state index contributed by atoms with van der Waals surface area (Å²) in [7, 11) is -3.73. The Hall–Kier alpha value is -1.83. The van der Waals surface area contributed by atoms with E-state index in [0.29, 0.717) is 16.0 Å². The summed E-state index contributed by atoms with van der Waals surface area (Å²) in [6.45, 7) is 2.57. The number of sulfonamides is 1. The molecule has 3 rings (SSSR count). The molecular formula is C17H15BrClN3O2S. The van der Waals surface area contributed by atoms with Gasteiger partial charge in [0.25, 0.3) is 10.0 Å². The van der Waals surface area contributed by atoms with Crippen molar-refractivity contribution < 1.29 is 8.42 Å². The van der Waals surface area contributed by atoms with Crippen LogP contribution in [-0.2, 0) is 16.6 Å². The maximum atomic E-state index is 12.4. The van der Waals surface area contributed by atoms with Crippen molar-refractivity contribution in [2.75, 3.05) is 4.72 Å². The van der Waals surface area contributed by atoms with Gasteiger partial charge in [0.05, 0.1) is 15.9 Å². The van der Waals surface area contributed by atoms with Gasteiger partial charge in [-0.2, -0.15) is 5.10 Å². The highest BCUT2D eigenvalue weighted by molar-refractivity contribution is 9.10. The Labute approximate surface area is 159 Å². The van der Waals surface area contributed by atoms with Crippen LogP contribution in [0.4, 0.5) is 5.82 Å². The monoisotopic (exact) mass is 439 g/mol. The lowest BCUT2D eigenvalue weighted by Crippen LogP contribution is -2.14. The SMILES string of the molecule is Cc1ccc(Cn2cc(Br)c(NS(=O)(=O)c3ccc(Cl)cc3)n2)cc1. The van der Waals surface area contributed by atoms with Gasteiger partial charge < -0.3 is 0 Å². The highest BCUT2D eigenvalue weighted by Gasteiger charge is 2.18. The van der Waals surface area contributed by atoms with Gasteiger partial charge in [-0.25, -0.2) is 8.42 Å². The molecule has 1 N–H and O–H groups in total. The van der Waals surface area contributed by atoms with Crippen LogP contribution in [0.3, 0.4) is 0 Å². The standard InChI is InChI=1S/C17H15BrClN3O2S/c1-12-2-4-13(5-3-12)10-22-11-16(18)17(20-22)21-25(23,24)15-8-6-14(19)7-9-15/h2-9,11H,10H2,1H3,(H,20,21). The number of benzene rings is 2. The van der Waals surface area contributed by atoms with Gasteiger partial charge in [-0.3, -0.25) is 9.40 Å². The third-order valence-corrected chi connectivity index (χ3v) is 5.72. The minimum Gasteiger partial charge on any atom is -0.265 e. The Balaban J connectivity index is 1.80. The van der Waals surface area contributed by atoms with Gasteiger partial charge in [-0.15, -0.1) is 0 Å². The van der Waals surface area contributed by atoms with Gasteiger partial charge >= 0.3 is 0 Å². The van der Waals surface area contributed by atoms with Crippen molar-refractivity contribution >= 4 is 43.4 Å². The topological polar surface area (TPSA) is 64.0 Å². The van der Waals surface area contributed by atoms with Gasteiger partial charge in [0.15, 0.2) is 5.82 Å². The molecule has 0 aliphatic heterocycles. The number of hydrogen-bond acceptors (Lipinski definition) is 3. The minimum atomic E-state index is -3.73. The molecule has 0 atom stereocenters. The molecule has 0 saturated carbocycles. The Morgan fingerprint density at radius 1 is 1.12 bits per heavy atom. The summed E-state index contributed by atoms with van der Waals surface area (Å²) < 4.78 is 29.6. The molecule has 25 heavy (non-hydrogen) atoms. The number of hydrogen-bond donors (Lipinski definition) is 1. The molecule has 1 heterocycles. The fourth-order valence-corrected chi connectivity index (χ4v) is 3.92. The van der Waals surface area contributed by atoms with E-state index in [1.165, 1.54) is 29.8 Å². The lowest BCUT2D eigenvalue weighted by Gasteiger charge is -2.06. The quantitative estimate of drug-likeness (QED) is 0.637. The molecule has 1 aromatic heterocycles. The lowest BCUT2D eigenvalue weighted by molar-refractivity contribution is 0.600. The molecule has 3 aromatic rings.